The molecule has 0 radical (unpaired) electrons. The maximum atomic E-state index is 10.6. The van der Waals surface area contributed by atoms with Crippen LogP contribution < -0.4 is 0 Å². The maximum Gasteiger partial charge on any atom is 0.407 e. The lowest BCUT2D eigenvalue weighted by molar-refractivity contribution is 0.148. The van der Waals surface area contributed by atoms with Crippen molar-refractivity contribution < 1.29 is 9.90 Å². The van der Waals surface area contributed by atoms with Crippen LogP contribution in [-0.4, -0.2) is 46.5 Å². The number of carbonyl (C=O) groups is 1. The Kier molecular flexibility index (Phi) is 5.70. The Morgan fingerprint density at radius 2 is 2.38 bits per heavy atom. The fraction of sp³-hybridized carbons (Fsp3) is 0.714. The topological polar surface area (TPSA) is 52.9 Å². The molecule has 1 atom stereocenters. The van der Waals surface area contributed by atoms with Crippen molar-refractivity contribution in [2.75, 3.05) is 19.3 Å². The molecule has 13 heavy (non-hydrogen) atoms. The molecule has 1 N–H and O–H groups in total. The number of carboxylic acid groups (broad SMARTS) is 1. The van der Waals surface area contributed by atoms with Gasteiger partial charge >= 0.3 is 6.09 Å². The van der Waals surface area contributed by atoms with Crippen LogP contribution in [0.15, 0.2) is 4.99 Å². The third kappa shape index (κ3) is 3.72. The third-order valence-corrected chi connectivity index (χ3v) is 2.39. The predicted octanol–water partition coefficient (Wildman–Crippen LogP) is 1.75. The van der Waals surface area contributed by atoms with Gasteiger partial charge in [-0.15, -0.1) is 35.7 Å². The van der Waals surface area contributed by atoms with E-state index < -0.39 is 6.09 Å². The van der Waals surface area contributed by atoms with Crippen molar-refractivity contribution in [3.63, 3.8) is 0 Å². The number of thioether (sulfide) groups is 1. The van der Waals surface area contributed by atoms with Crippen LogP contribution in [-0.2, 0) is 0 Å². The van der Waals surface area contributed by atoms with Gasteiger partial charge in [-0.05, 0) is 13.2 Å². The van der Waals surface area contributed by atoms with Gasteiger partial charge in [0.15, 0.2) is 0 Å². The number of rotatable bonds is 0. The van der Waals surface area contributed by atoms with Gasteiger partial charge in [0.2, 0.25) is 0 Å². The summed E-state index contributed by atoms with van der Waals surface area (Å²) >= 11 is 1.52. The summed E-state index contributed by atoms with van der Waals surface area (Å²) in [6.07, 6.45) is 1.06. The number of halogens is 1. The Morgan fingerprint density at radius 3 is 2.85 bits per heavy atom. The molecule has 1 aliphatic heterocycles. The third-order valence-electron chi connectivity index (χ3n) is 1.68. The Bertz CT molecular complexity index is 223. The van der Waals surface area contributed by atoms with Gasteiger partial charge in [0.05, 0.1) is 17.6 Å². The van der Waals surface area contributed by atoms with Crippen molar-refractivity contribution in [1.82, 2.24) is 4.90 Å². The molecule has 0 aliphatic carbocycles. The highest BCUT2D eigenvalue weighted by Gasteiger charge is 2.21. The average molecular weight is 316 g/mol. The van der Waals surface area contributed by atoms with E-state index in [1.807, 2.05) is 13.2 Å². The van der Waals surface area contributed by atoms with Crippen LogP contribution in [0, 0.1) is 0 Å². The number of amides is 1. The Hall–Kier alpha value is 0.0200. The minimum absolute atomic E-state index is 0. The standard InChI is InChI=1S/C7H12N2O2S.HI/c1-5-3-9(7(10)11)4-6(8-5)12-2;/h5H,3-4H2,1-2H3,(H,10,11);1H. The summed E-state index contributed by atoms with van der Waals surface area (Å²) in [6, 6.07) is 0.0947. The highest BCUT2D eigenvalue weighted by molar-refractivity contribution is 14.0. The maximum absolute atomic E-state index is 10.6. The Balaban J connectivity index is 0.00000144. The van der Waals surface area contributed by atoms with Gasteiger partial charge in [-0.2, -0.15) is 0 Å². The van der Waals surface area contributed by atoms with E-state index in [2.05, 4.69) is 4.99 Å². The molecule has 0 saturated carbocycles. The normalized spacial score (nSPS) is 21.8. The van der Waals surface area contributed by atoms with E-state index in [1.54, 1.807) is 0 Å². The van der Waals surface area contributed by atoms with E-state index in [0.717, 1.165) is 5.04 Å². The molecule has 4 nitrogen and oxygen atoms in total. The average Bonchev–Trinajstić information content (AvgIpc) is 2.03. The van der Waals surface area contributed by atoms with Crippen LogP contribution in [0.1, 0.15) is 6.92 Å². The molecule has 6 heteroatoms. The first kappa shape index (κ1) is 13.0. The summed E-state index contributed by atoms with van der Waals surface area (Å²) in [6.45, 7) is 2.88. The Morgan fingerprint density at radius 1 is 1.77 bits per heavy atom. The van der Waals surface area contributed by atoms with E-state index in [9.17, 15) is 4.79 Å². The van der Waals surface area contributed by atoms with Crippen LogP contribution in [0.2, 0.25) is 0 Å². The van der Waals surface area contributed by atoms with Crippen molar-refractivity contribution in [3.05, 3.63) is 0 Å². The van der Waals surface area contributed by atoms with Crippen molar-refractivity contribution in [2.24, 2.45) is 4.99 Å². The van der Waals surface area contributed by atoms with Gasteiger partial charge < -0.3 is 5.11 Å². The largest absolute Gasteiger partial charge is 0.465 e. The molecule has 1 rings (SSSR count). The summed E-state index contributed by atoms with van der Waals surface area (Å²) in [5.74, 6) is 0. The molecule has 1 heterocycles. The van der Waals surface area contributed by atoms with E-state index >= 15 is 0 Å². The van der Waals surface area contributed by atoms with Gasteiger partial charge in [0.25, 0.3) is 0 Å². The van der Waals surface area contributed by atoms with Gasteiger partial charge in [0, 0.05) is 6.54 Å². The van der Waals surface area contributed by atoms with Crippen LogP contribution >= 0.6 is 35.7 Å². The zero-order chi connectivity index (χ0) is 9.14. The second-order valence-corrected chi connectivity index (χ2v) is 3.62. The summed E-state index contributed by atoms with van der Waals surface area (Å²) in [5, 5.41) is 9.63. The van der Waals surface area contributed by atoms with Crippen molar-refractivity contribution in [2.45, 2.75) is 13.0 Å². The van der Waals surface area contributed by atoms with Crippen molar-refractivity contribution in [3.8, 4) is 0 Å². The van der Waals surface area contributed by atoms with Gasteiger partial charge in [0.1, 0.15) is 0 Å². The predicted molar refractivity (Wildman–Crippen MR) is 65.4 cm³/mol. The fourth-order valence-electron chi connectivity index (χ4n) is 1.14. The Labute approximate surface area is 98.8 Å². The molecule has 1 unspecified atom stereocenters. The molecule has 0 saturated heterocycles. The van der Waals surface area contributed by atoms with E-state index in [0.29, 0.717) is 13.1 Å². The number of hydrogen-bond acceptors (Lipinski definition) is 3. The lowest BCUT2D eigenvalue weighted by Gasteiger charge is -2.26. The van der Waals surface area contributed by atoms with Crippen molar-refractivity contribution >= 4 is 46.9 Å². The fourth-order valence-corrected chi connectivity index (χ4v) is 1.71. The second kappa shape index (κ2) is 5.69. The monoisotopic (exact) mass is 316 g/mol. The number of hydrogen-bond donors (Lipinski definition) is 1. The zero-order valence-corrected chi connectivity index (χ0v) is 10.7. The SMILES string of the molecule is CSC1=NC(C)CN(C(=O)O)C1.I. The molecule has 0 aromatic carbocycles. The summed E-state index contributed by atoms with van der Waals surface area (Å²) < 4.78 is 0. The highest BCUT2D eigenvalue weighted by Crippen LogP contribution is 2.11. The van der Waals surface area contributed by atoms with Crippen LogP contribution in [0.3, 0.4) is 0 Å². The van der Waals surface area contributed by atoms with E-state index in [-0.39, 0.29) is 30.0 Å². The molecule has 0 fully saturated rings. The zero-order valence-electron chi connectivity index (χ0n) is 7.56. The summed E-state index contributed by atoms with van der Waals surface area (Å²) in [4.78, 5) is 16.3. The molecular formula is C7H13IN2O2S. The lowest BCUT2D eigenvalue weighted by atomic mass is 10.3. The smallest absolute Gasteiger partial charge is 0.407 e. The van der Waals surface area contributed by atoms with Crippen LogP contribution in [0.5, 0.6) is 0 Å². The second-order valence-electron chi connectivity index (χ2n) is 2.74. The first-order valence-electron chi connectivity index (χ1n) is 3.72. The summed E-state index contributed by atoms with van der Waals surface area (Å²) in [5.41, 5.74) is 0. The lowest BCUT2D eigenvalue weighted by Crippen LogP contribution is -2.42. The van der Waals surface area contributed by atoms with Gasteiger partial charge in [-0.25, -0.2) is 4.79 Å². The molecular weight excluding hydrogens is 303 g/mol. The molecule has 1 aliphatic rings. The van der Waals surface area contributed by atoms with Crippen LogP contribution in [0.25, 0.3) is 0 Å². The molecule has 0 spiro atoms. The van der Waals surface area contributed by atoms with E-state index in [4.69, 9.17) is 5.11 Å². The minimum Gasteiger partial charge on any atom is -0.465 e. The van der Waals surface area contributed by atoms with E-state index in [1.165, 1.54) is 16.7 Å². The molecule has 0 aromatic rings. The van der Waals surface area contributed by atoms with Gasteiger partial charge in [-0.1, -0.05) is 0 Å². The molecule has 0 aromatic heterocycles. The first-order valence-corrected chi connectivity index (χ1v) is 4.94. The summed E-state index contributed by atoms with van der Waals surface area (Å²) in [7, 11) is 0. The molecule has 1 amide bonds. The minimum atomic E-state index is -0.858. The highest BCUT2D eigenvalue weighted by atomic mass is 127. The van der Waals surface area contributed by atoms with Gasteiger partial charge in [-0.3, -0.25) is 9.89 Å². The number of nitrogens with zero attached hydrogens (tertiary/aromatic N) is 2. The molecule has 76 valence electrons. The van der Waals surface area contributed by atoms with Crippen molar-refractivity contribution in [1.29, 1.82) is 0 Å². The quantitative estimate of drug-likeness (QED) is 0.693. The number of aliphatic imine (C=N–C) groups is 1. The first-order chi connectivity index (χ1) is 5.63. The molecule has 0 bridgehead atoms. The van der Waals surface area contributed by atoms with Crippen LogP contribution in [0.4, 0.5) is 4.79 Å².